The van der Waals surface area contributed by atoms with E-state index in [2.05, 4.69) is 21.6 Å². The lowest BCUT2D eigenvalue weighted by Crippen LogP contribution is -2.36. The van der Waals surface area contributed by atoms with E-state index in [1.54, 1.807) is 30.3 Å². The number of nitrogens with two attached hydrogens (primary N) is 1. The number of halogens is 1. The average molecular weight is 496 g/mol. The van der Waals surface area contributed by atoms with Crippen LogP contribution in [0.3, 0.4) is 0 Å². The number of anilines is 2. The number of hydrogen-bond donors (Lipinski definition) is 2. The van der Waals surface area contributed by atoms with Crippen molar-refractivity contribution in [1.82, 2.24) is 19.7 Å². The monoisotopic (exact) mass is 495 g/mol. The number of para-hydroxylation sites is 1. The van der Waals surface area contributed by atoms with Crippen molar-refractivity contribution in [1.29, 1.82) is 0 Å². The van der Waals surface area contributed by atoms with Crippen LogP contribution in [-0.4, -0.2) is 51.8 Å². The van der Waals surface area contributed by atoms with Crippen LogP contribution in [0.15, 0.2) is 67.0 Å². The quantitative estimate of drug-likeness (QED) is 0.279. The molecule has 35 heavy (non-hydrogen) atoms. The fourth-order valence-corrected chi connectivity index (χ4v) is 4.00. The number of amides is 1. The smallest absolute Gasteiger partial charge is 0.254 e. The molecule has 2 aromatic heterocycles. The molecule has 12 heteroatoms. The molecule has 2 aromatic carbocycles. The molecule has 4 aromatic rings. The van der Waals surface area contributed by atoms with Crippen LogP contribution in [0, 0.1) is 5.82 Å². The van der Waals surface area contributed by atoms with Gasteiger partial charge in [0.25, 0.3) is 5.91 Å². The molecule has 0 aliphatic heterocycles. The van der Waals surface area contributed by atoms with Crippen molar-refractivity contribution in [3.05, 3.63) is 72.8 Å². The Morgan fingerprint density at radius 3 is 2.66 bits per heavy atom. The SMILES string of the molecule is C=C(CS(=O)[O-])C(=O)N(CCn1nc(-c2ccc(F)c(O)c2)c2c(N)ncnc21)c1ccccc1. The third kappa shape index (κ3) is 5.03. The maximum absolute atomic E-state index is 13.6. The number of carbonyl (C=O) groups excluding carboxylic acids is 1. The van der Waals surface area contributed by atoms with Crippen LogP contribution in [0.1, 0.15) is 0 Å². The van der Waals surface area contributed by atoms with Crippen LogP contribution in [0.25, 0.3) is 22.3 Å². The molecule has 0 aliphatic rings. The van der Waals surface area contributed by atoms with E-state index in [1.807, 2.05) is 0 Å². The van der Waals surface area contributed by atoms with Gasteiger partial charge in [-0.3, -0.25) is 9.00 Å². The Bertz CT molecular complexity index is 1440. The van der Waals surface area contributed by atoms with Crippen LogP contribution in [-0.2, 0) is 22.4 Å². The fourth-order valence-electron chi connectivity index (χ4n) is 3.59. The summed E-state index contributed by atoms with van der Waals surface area (Å²) >= 11 is -2.46. The largest absolute Gasteiger partial charge is 0.772 e. The van der Waals surface area contributed by atoms with Gasteiger partial charge in [0.1, 0.15) is 17.8 Å². The summed E-state index contributed by atoms with van der Waals surface area (Å²) in [4.78, 5) is 22.7. The maximum atomic E-state index is 13.6. The Hall–Kier alpha value is -4.16. The first kappa shape index (κ1) is 24.0. The van der Waals surface area contributed by atoms with E-state index >= 15 is 0 Å². The van der Waals surface area contributed by atoms with E-state index in [-0.39, 0.29) is 24.5 Å². The lowest BCUT2D eigenvalue weighted by atomic mass is 10.1. The minimum atomic E-state index is -2.46. The summed E-state index contributed by atoms with van der Waals surface area (Å²) in [5.74, 6) is -2.22. The Balaban J connectivity index is 1.71. The molecular weight excluding hydrogens is 475 g/mol. The first-order chi connectivity index (χ1) is 16.8. The minimum absolute atomic E-state index is 0.0819. The Labute approximate surface area is 201 Å². The van der Waals surface area contributed by atoms with Crippen molar-refractivity contribution in [2.45, 2.75) is 6.54 Å². The van der Waals surface area contributed by atoms with E-state index in [0.717, 1.165) is 6.07 Å². The molecule has 0 aliphatic carbocycles. The average Bonchev–Trinajstić information content (AvgIpc) is 3.21. The zero-order valence-electron chi connectivity index (χ0n) is 18.3. The third-order valence-electron chi connectivity index (χ3n) is 5.22. The highest BCUT2D eigenvalue weighted by molar-refractivity contribution is 7.79. The van der Waals surface area contributed by atoms with Crippen LogP contribution >= 0.6 is 0 Å². The van der Waals surface area contributed by atoms with Gasteiger partial charge >= 0.3 is 0 Å². The second-order valence-electron chi connectivity index (χ2n) is 7.54. The highest BCUT2D eigenvalue weighted by atomic mass is 32.2. The normalized spacial score (nSPS) is 11.9. The number of fused-ring (bicyclic) bond motifs is 1. The first-order valence-corrected chi connectivity index (χ1v) is 11.6. The fraction of sp³-hybridized carbons (Fsp3) is 0.130. The standard InChI is InChI=1S/C23H21FN6O4S/c1-14(12-35(33)34)23(32)29(16-5-3-2-4-6-16)9-10-30-22-19(21(25)26-13-27-22)20(28-30)15-7-8-17(24)18(31)11-15/h2-8,11,13,31H,1,9-10,12H2,(H,33,34)(H2,25,26,27)/p-1. The lowest BCUT2D eigenvalue weighted by molar-refractivity contribution is -0.115. The first-order valence-electron chi connectivity index (χ1n) is 10.3. The molecule has 0 spiro atoms. The number of phenols is 1. The number of nitrogens with zero attached hydrogens (tertiary/aromatic N) is 5. The molecule has 2 heterocycles. The molecule has 0 bridgehead atoms. The number of nitrogen functional groups attached to an aromatic ring is 1. The highest BCUT2D eigenvalue weighted by Crippen LogP contribution is 2.32. The molecule has 10 nitrogen and oxygen atoms in total. The summed E-state index contributed by atoms with van der Waals surface area (Å²) in [5, 5.41) is 14.8. The Kier molecular flexibility index (Phi) is 6.85. The summed E-state index contributed by atoms with van der Waals surface area (Å²) in [5.41, 5.74) is 7.65. The number of rotatable bonds is 8. The van der Waals surface area contributed by atoms with Crippen molar-refractivity contribution in [2.75, 3.05) is 22.9 Å². The second kappa shape index (κ2) is 9.99. The van der Waals surface area contributed by atoms with Crippen molar-refractivity contribution >= 4 is 39.5 Å². The summed E-state index contributed by atoms with van der Waals surface area (Å²) in [6.45, 7) is 3.87. The summed E-state index contributed by atoms with van der Waals surface area (Å²) in [6, 6.07) is 12.5. The van der Waals surface area contributed by atoms with Crippen molar-refractivity contribution < 1.29 is 23.1 Å². The number of phenolic OH excluding ortho intramolecular Hbond substituents is 1. The van der Waals surface area contributed by atoms with E-state index in [4.69, 9.17) is 5.73 Å². The highest BCUT2D eigenvalue weighted by Gasteiger charge is 2.22. The predicted molar refractivity (Wildman–Crippen MR) is 129 cm³/mol. The molecule has 180 valence electrons. The van der Waals surface area contributed by atoms with Gasteiger partial charge in [-0.2, -0.15) is 5.10 Å². The van der Waals surface area contributed by atoms with Crippen molar-refractivity contribution in [3.8, 4) is 17.0 Å². The zero-order valence-corrected chi connectivity index (χ0v) is 19.1. The van der Waals surface area contributed by atoms with Gasteiger partial charge in [0.2, 0.25) is 0 Å². The lowest BCUT2D eigenvalue weighted by Gasteiger charge is -2.24. The van der Waals surface area contributed by atoms with Crippen molar-refractivity contribution in [2.24, 2.45) is 0 Å². The van der Waals surface area contributed by atoms with Gasteiger partial charge in [-0.25, -0.2) is 19.0 Å². The number of benzene rings is 2. The van der Waals surface area contributed by atoms with Gasteiger partial charge in [0, 0.05) is 29.1 Å². The van der Waals surface area contributed by atoms with Crippen LogP contribution < -0.4 is 10.6 Å². The molecule has 0 fully saturated rings. The van der Waals surface area contributed by atoms with Gasteiger partial charge in [0.05, 0.1) is 11.9 Å². The third-order valence-corrected chi connectivity index (χ3v) is 5.81. The van der Waals surface area contributed by atoms with Crippen LogP contribution in [0.5, 0.6) is 5.75 Å². The molecule has 4 rings (SSSR count). The minimum Gasteiger partial charge on any atom is -0.772 e. The van der Waals surface area contributed by atoms with Gasteiger partial charge in [-0.15, -0.1) is 0 Å². The zero-order chi connectivity index (χ0) is 25.1. The molecule has 3 N–H and O–H groups in total. The molecule has 1 unspecified atom stereocenters. The van der Waals surface area contributed by atoms with E-state index in [0.29, 0.717) is 28.0 Å². The number of carbonyl (C=O) groups is 1. The van der Waals surface area contributed by atoms with E-state index in [9.17, 15) is 23.1 Å². The van der Waals surface area contributed by atoms with Gasteiger partial charge < -0.3 is 20.3 Å². The summed E-state index contributed by atoms with van der Waals surface area (Å²) < 4.78 is 37.3. The van der Waals surface area contributed by atoms with Crippen molar-refractivity contribution in [3.63, 3.8) is 0 Å². The Morgan fingerprint density at radius 2 is 1.97 bits per heavy atom. The molecular formula is C23H20FN6O4S-. The number of aromatic hydroxyl groups is 1. The predicted octanol–water partition coefficient (Wildman–Crippen LogP) is 2.39. The Morgan fingerprint density at radius 1 is 1.23 bits per heavy atom. The summed E-state index contributed by atoms with van der Waals surface area (Å²) in [7, 11) is 0. The molecule has 1 atom stereocenters. The van der Waals surface area contributed by atoms with Crippen LogP contribution in [0.4, 0.5) is 15.9 Å². The van der Waals surface area contributed by atoms with E-state index < -0.39 is 34.3 Å². The molecule has 0 saturated heterocycles. The van der Waals surface area contributed by atoms with Gasteiger partial charge in [-0.1, -0.05) is 35.9 Å². The second-order valence-corrected chi connectivity index (χ2v) is 8.44. The summed E-state index contributed by atoms with van der Waals surface area (Å²) in [6.07, 6.45) is 1.27. The van der Waals surface area contributed by atoms with Crippen LogP contribution in [0.2, 0.25) is 0 Å². The molecule has 0 saturated carbocycles. The maximum Gasteiger partial charge on any atom is 0.254 e. The van der Waals surface area contributed by atoms with Gasteiger partial charge in [-0.05, 0) is 30.3 Å². The number of hydrogen-bond acceptors (Lipinski definition) is 8. The van der Waals surface area contributed by atoms with E-state index in [1.165, 1.54) is 28.0 Å². The molecule has 1 amide bonds. The topological polar surface area (TPSA) is 150 Å². The molecule has 0 radical (unpaired) electrons. The number of aromatic nitrogens is 4. The van der Waals surface area contributed by atoms with Gasteiger partial charge in [0.15, 0.2) is 17.2 Å².